The fourth-order valence-corrected chi connectivity index (χ4v) is 3.00. The number of halogens is 1. The van der Waals surface area contributed by atoms with Crippen molar-refractivity contribution in [3.63, 3.8) is 0 Å². The molecule has 0 saturated heterocycles. The Morgan fingerprint density at radius 3 is 2.61 bits per heavy atom. The van der Waals surface area contributed by atoms with Gasteiger partial charge in [0.05, 0.1) is 16.5 Å². The number of hydrogen-bond donors (Lipinski definition) is 1. The fourth-order valence-electron chi connectivity index (χ4n) is 2.52. The molecule has 0 amide bonds. The minimum atomic E-state index is -0.444. The SMILES string of the molecule is OCC1(c2ccccc2)COc2c(Br)cccc21. The second-order valence-corrected chi connectivity index (χ2v) is 5.37. The maximum Gasteiger partial charge on any atom is 0.137 e. The van der Waals surface area contributed by atoms with E-state index in [1.807, 2.05) is 48.5 Å². The van der Waals surface area contributed by atoms with Crippen molar-refractivity contribution in [2.45, 2.75) is 5.41 Å². The van der Waals surface area contributed by atoms with E-state index >= 15 is 0 Å². The van der Waals surface area contributed by atoms with Crippen LogP contribution < -0.4 is 4.74 Å². The Morgan fingerprint density at radius 1 is 1.11 bits per heavy atom. The van der Waals surface area contributed by atoms with Crippen LogP contribution in [0, 0.1) is 0 Å². The summed E-state index contributed by atoms with van der Waals surface area (Å²) >= 11 is 3.49. The molecular formula is C15H13BrO2. The molecular weight excluding hydrogens is 292 g/mol. The monoisotopic (exact) mass is 304 g/mol. The van der Waals surface area contributed by atoms with E-state index in [0.29, 0.717) is 6.61 Å². The largest absolute Gasteiger partial charge is 0.491 e. The second kappa shape index (κ2) is 4.41. The van der Waals surface area contributed by atoms with Crippen LogP contribution in [0.5, 0.6) is 5.75 Å². The minimum Gasteiger partial charge on any atom is -0.491 e. The Balaban J connectivity index is 2.20. The van der Waals surface area contributed by atoms with Gasteiger partial charge < -0.3 is 9.84 Å². The Morgan fingerprint density at radius 2 is 1.89 bits per heavy atom. The smallest absolute Gasteiger partial charge is 0.137 e. The highest BCUT2D eigenvalue weighted by molar-refractivity contribution is 9.10. The van der Waals surface area contributed by atoms with Gasteiger partial charge in [0.1, 0.15) is 12.4 Å². The van der Waals surface area contributed by atoms with Gasteiger partial charge in [-0.05, 0) is 27.6 Å². The third-order valence-corrected chi connectivity index (χ3v) is 4.17. The summed E-state index contributed by atoms with van der Waals surface area (Å²) in [7, 11) is 0. The van der Waals surface area contributed by atoms with Crippen molar-refractivity contribution in [3.05, 3.63) is 64.1 Å². The van der Waals surface area contributed by atoms with Gasteiger partial charge in [-0.25, -0.2) is 0 Å². The van der Waals surface area contributed by atoms with Gasteiger partial charge in [-0.15, -0.1) is 0 Å². The molecule has 0 radical (unpaired) electrons. The van der Waals surface area contributed by atoms with Crippen LogP contribution in [0.25, 0.3) is 0 Å². The standard InChI is InChI=1S/C15H13BrO2/c16-13-8-4-7-12-14(13)18-10-15(12,9-17)11-5-2-1-3-6-11/h1-8,17H,9-10H2. The summed E-state index contributed by atoms with van der Waals surface area (Å²) in [5.41, 5.74) is 1.69. The molecule has 18 heavy (non-hydrogen) atoms. The number of para-hydroxylation sites is 1. The van der Waals surface area contributed by atoms with Crippen LogP contribution in [0.15, 0.2) is 53.0 Å². The molecule has 0 aromatic heterocycles. The Hall–Kier alpha value is -1.32. The predicted octanol–water partition coefficient (Wildman–Crippen LogP) is 3.12. The first kappa shape index (κ1) is 11.8. The van der Waals surface area contributed by atoms with Crippen LogP contribution in [-0.2, 0) is 5.41 Å². The molecule has 0 spiro atoms. The summed E-state index contributed by atoms with van der Waals surface area (Å²) < 4.78 is 6.72. The summed E-state index contributed by atoms with van der Waals surface area (Å²) in [6, 6.07) is 16.0. The highest BCUT2D eigenvalue weighted by Gasteiger charge is 2.42. The zero-order valence-electron chi connectivity index (χ0n) is 9.77. The van der Waals surface area contributed by atoms with E-state index in [1.165, 1.54) is 0 Å². The average Bonchev–Trinajstić information content (AvgIpc) is 2.81. The lowest BCUT2D eigenvalue weighted by Gasteiger charge is -2.26. The lowest BCUT2D eigenvalue weighted by atomic mass is 9.77. The quantitative estimate of drug-likeness (QED) is 0.924. The van der Waals surface area contributed by atoms with E-state index in [0.717, 1.165) is 21.3 Å². The summed E-state index contributed by atoms with van der Waals surface area (Å²) in [6.45, 7) is 0.520. The molecule has 92 valence electrons. The van der Waals surface area contributed by atoms with Gasteiger partial charge in [0.15, 0.2) is 0 Å². The Labute approximate surface area is 114 Å². The average molecular weight is 305 g/mol. The number of hydrogen-bond acceptors (Lipinski definition) is 2. The lowest BCUT2D eigenvalue weighted by molar-refractivity contribution is 0.185. The van der Waals surface area contributed by atoms with Gasteiger partial charge in [-0.1, -0.05) is 42.5 Å². The van der Waals surface area contributed by atoms with Crippen LogP contribution in [-0.4, -0.2) is 18.3 Å². The van der Waals surface area contributed by atoms with Crippen molar-refractivity contribution in [1.82, 2.24) is 0 Å². The zero-order chi connectivity index (χ0) is 12.6. The number of benzene rings is 2. The van der Waals surface area contributed by atoms with Gasteiger partial charge in [0.2, 0.25) is 0 Å². The normalized spacial score (nSPS) is 21.4. The molecule has 1 heterocycles. The van der Waals surface area contributed by atoms with Crippen molar-refractivity contribution in [3.8, 4) is 5.75 Å². The number of aliphatic hydroxyl groups is 1. The van der Waals surface area contributed by atoms with Crippen molar-refractivity contribution in [1.29, 1.82) is 0 Å². The number of ether oxygens (including phenoxy) is 1. The van der Waals surface area contributed by atoms with Crippen molar-refractivity contribution >= 4 is 15.9 Å². The second-order valence-electron chi connectivity index (χ2n) is 4.51. The van der Waals surface area contributed by atoms with Crippen LogP contribution in [0.2, 0.25) is 0 Å². The summed E-state index contributed by atoms with van der Waals surface area (Å²) in [5.74, 6) is 0.843. The first-order valence-electron chi connectivity index (χ1n) is 5.86. The molecule has 1 atom stereocenters. The van der Waals surface area contributed by atoms with Crippen LogP contribution in [0.4, 0.5) is 0 Å². The van der Waals surface area contributed by atoms with Crippen LogP contribution in [0.3, 0.4) is 0 Å². The molecule has 0 saturated carbocycles. The van der Waals surface area contributed by atoms with Gasteiger partial charge in [0.25, 0.3) is 0 Å². The molecule has 0 fully saturated rings. The maximum atomic E-state index is 9.91. The minimum absolute atomic E-state index is 0.0421. The maximum absolute atomic E-state index is 9.91. The van der Waals surface area contributed by atoms with Gasteiger partial charge in [-0.3, -0.25) is 0 Å². The number of aliphatic hydroxyl groups excluding tert-OH is 1. The summed E-state index contributed by atoms with van der Waals surface area (Å²) in [5, 5.41) is 9.91. The van der Waals surface area contributed by atoms with Crippen molar-refractivity contribution < 1.29 is 9.84 Å². The molecule has 2 aromatic rings. The number of rotatable bonds is 2. The molecule has 1 aliphatic heterocycles. The highest BCUT2D eigenvalue weighted by Crippen LogP contribution is 2.46. The fraction of sp³-hybridized carbons (Fsp3) is 0.200. The molecule has 3 heteroatoms. The van der Waals surface area contributed by atoms with E-state index in [9.17, 15) is 5.11 Å². The molecule has 0 bridgehead atoms. The third kappa shape index (κ3) is 1.58. The van der Waals surface area contributed by atoms with E-state index < -0.39 is 5.41 Å². The van der Waals surface area contributed by atoms with Crippen LogP contribution >= 0.6 is 15.9 Å². The summed E-state index contributed by atoms with van der Waals surface area (Å²) in [6.07, 6.45) is 0. The van der Waals surface area contributed by atoms with Gasteiger partial charge in [-0.2, -0.15) is 0 Å². The highest BCUT2D eigenvalue weighted by atomic mass is 79.9. The number of fused-ring (bicyclic) bond motifs is 1. The predicted molar refractivity (Wildman–Crippen MR) is 73.9 cm³/mol. The van der Waals surface area contributed by atoms with Gasteiger partial charge >= 0.3 is 0 Å². The van der Waals surface area contributed by atoms with E-state index in [2.05, 4.69) is 15.9 Å². The van der Waals surface area contributed by atoms with Crippen molar-refractivity contribution in [2.24, 2.45) is 0 Å². The third-order valence-electron chi connectivity index (χ3n) is 3.54. The Kier molecular flexibility index (Phi) is 2.88. The molecule has 3 rings (SSSR count). The molecule has 2 aromatic carbocycles. The van der Waals surface area contributed by atoms with Crippen LogP contribution in [0.1, 0.15) is 11.1 Å². The molecule has 1 unspecified atom stereocenters. The molecule has 1 N–H and O–H groups in total. The molecule has 2 nitrogen and oxygen atoms in total. The Bertz CT molecular complexity index is 568. The van der Waals surface area contributed by atoms with Gasteiger partial charge in [0, 0.05) is 5.56 Å². The van der Waals surface area contributed by atoms with Crippen molar-refractivity contribution in [2.75, 3.05) is 13.2 Å². The summed E-state index contributed by atoms with van der Waals surface area (Å²) in [4.78, 5) is 0. The topological polar surface area (TPSA) is 29.5 Å². The van der Waals surface area contributed by atoms with E-state index in [4.69, 9.17) is 4.74 Å². The molecule has 0 aliphatic carbocycles. The zero-order valence-corrected chi connectivity index (χ0v) is 11.4. The van der Waals surface area contributed by atoms with E-state index in [-0.39, 0.29) is 6.61 Å². The first-order chi connectivity index (χ1) is 8.78. The molecule has 1 aliphatic rings. The lowest BCUT2D eigenvalue weighted by Crippen LogP contribution is -2.33. The van der Waals surface area contributed by atoms with E-state index in [1.54, 1.807) is 0 Å². The first-order valence-corrected chi connectivity index (χ1v) is 6.65.